The molecule has 2 aromatic rings. The van der Waals surface area contributed by atoms with Gasteiger partial charge in [-0.05, 0) is 30.7 Å². The largest absolute Gasteiger partial charge is 0.369 e. The van der Waals surface area contributed by atoms with Crippen LogP contribution in [0.3, 0.4) is 0 Å². The van der Waals surface area contributed by atoms with E-state index in [0.717, 1.165) is 31.7 Å². The van der Waals surface area contributed by atoms with Crippen LogP contribution in [0.1, 0.15) is 5.56 Å². The minimum atomic E-state index is -0.0949. The molecule has 3 rings (SSSR count). The number of para-hydroxylation sites is 1. The lowest BCUT2D eigenvalue weighted by atomic mass is 10.2. The van der Waals surface area contributed by atoms with E-state index in [0.29, 0.717) is 22.3 Å². The third-order valence-electron chi connectivity index (χ3n) is 4.41. The second-order valence-corrected chi connectivity index (χ2v) is 6.99. The van der Waals surface area contributed by atoms with Crippen molar-refractivity contribution >= 4 is 40.5 Å². The maximum absolute atomic E-state index is 12.4. The fourth-order valence-electron chi connectivity index (χ4n) is 2.96. The van der Waals surface area contributed by atoms with Gasteiger partial charge in [0.15, 0.2) is 0 Å². The minimum absolute atomic E-state index is 0.0949. The van der Waals surface area contributed by atoms with Crippen LogP contribution >= 0.6 is 23.2 Å². The summed E-state index contributed by atoms with van der Waals surface area (Å²) in [6.07, 6.45) is 0. The van der Waals surface area contributed by atoms with Crippen molar-refractivity contribution in [2.24, 2.45) is 0 Å². The molecule has 1 amide bonds. The van der Waals surface area contributed by atoms with Gasteiger partial charge in [0.2, 0.25) is 5.91 Å². The van der Waals surface area contributed by atoms with E-state index < -0.39 is 0 Å². The molecule has 25 heavy (non-hydrogen) atoms. The molecule has 0 saturated carbocycles. The standard InChI is InChI=1S/C19H21Cl2N3O/c1-14-7-8-16(20)19(18(14)21)22-17(25)13-23-9-11-24(12-10-23)15-5-3-2-4-6-15/h2-8H,9-13H2,1H3,(H,22,25). The average Bonchev–Trinajstić information content (AvgIpc) is 2.63. The third-order valence-corrected chi connectivity index (χ3v) is 5.21. The Bertz CT molecular complexity index is 744. The van der Waals surface area contributed by atoms with Crippen LogP contribution in [0.5, 0.6) is 0 Å². The van der Waals surface area contributed by atoms with Gasteiger partial charge >= 0.3 is 0 Å². The Morgan fingerprint density at radius 2 is 1.72 bits per heavy atom. The Morgan fingerprint density at radius 1 is 1.04 bits per heavy atom. The second kappa shape index (κ2) is 8.09. The molecule has 1 heterocycles. The summed E-state index contributed by atoms with van der Waals surface area (Å²) in [5.74, 6) is -0.0949. The molecule has 0 aliphatic carbocycles. The number of rotatable bonds is 4. The van der Waals surface area contributed by atoms with E-state index in [9.17, 15) is 4.79 Å². The van der Waals surface area contributed by atoms with Gasteiger partial charge in [-0.1, -0.05) is 47.5 Å². The van der Waals surface area contributed by atoms with Crippen molar-refractivity contribution < 1.29 is 4.79 Å². The van der Waals surface area contributed by atoms with Gasteiger partial charge in [0.05, 0.1) is 22.3 Å². The summed E-state index contributed by atoms with van der Waals surface area (Å²) in [5, 5.41) is 3.80. The minimum Gasteiger partial charge on any atom is -0.369 e. The number of nitrogens with one attached hydrogen (secondary N) is 1. The van der Waals surface area contributed by atoms with Crippen molar-refractivity contribution in [3.05, 3.63) is 58.1 Å². The molecule has 2 aromatic carbocycles. The Labute approximate surface area is 158 Å². The molecule has 1 fully saturated rings. The number of carbonyl (C=O) groups is 1. The van der Waals surface area contributed by atoms with Gasteiger partial charge in [0, 0.05) is 31.9 Å². The van der Waals surface area contributed by atoms with Gasteiger partial charge in [0.1, 0.15) is 0 Å². The number of benzene rings is 2. The quantitative estimate of drug-likeness (QED) is 0.872. The van der Waals surface area contributed by atoms with E-state index in [-0.39, 0.29) is 5.91 Å². The molecule has 0 bridgehead atoms. The van der Waals surface area contributed by atoms with Crippen LogP contribution in [-0.4, -0.2) is 43.5 Å². The van der Waals surface area contributed by atoms with E-state index in [1.807, 2.05) is 31.2 Å². The molecule has 0 aromatic heterocycles. The van der Waals surface area contributed by atoms with Crippen molar-refractivity contribution in [1.82, 2.24) is 4.90 Å². The van der Waals surface area contributed by atoms with E-state index >= 15 is 0 Å². The maximum Gasteiger partial charge on any atom is 0.238 e. The number of amides is 1. The zero-order chi connectivity index (χ0) is 17.8. The Kier molecular flexibility index (Phi) is 5.84. The molecular formula is C19H21Cl2N3O. The molecule has 0 spiro atoms. The molecule has 1 saturated heterocycles. The molecule has 4 nitrogen and oxygen atoms in total. The van der Waals surface area contributed by atoms with Gasteiger partial charge in [0.25, 0.3) is 0 Å². The average molecular weight is 378 g/mol. The number of aryl methyl sites for hydroxylation is 1. The summed E-state index contributed by atoms with van der Waals surface area (Å²) in [7, 11) is 0. The third kappa shape index (κ3) is 4.46. The molecule has 0 radical (unpaired) electrons. The van der Waals surface area contributed by atoms with Crippen molar-refractivity contribution in [2.75, 3.05) is 42.9 Å². The van der Waals surface area contributed by atoms with Crippen molar-refractivity contribution in [1.29, 1.82) is 0 Å². The van der Waals surface area contributed by atoms with Gasteiger partial charge in [-0.3, -0.25) is 9.69 Å². The van der Waals surface area contributed by atoms with Crippen LogP contribution in [0.25, 0.3) is 0 Å². The molecular weight excluding hydrogens is 357 g/mol. The van der Waals surface area contributed by atoms with E-state index in [1.54, 1.807) is 6.07 Å². The zero-order valence-corrected chi connectivity index (χ0v) is 15.6. The van der Waals surface area contributed by atoms with Gasteiger partial charge in [-0.2, -0.15) is 0 Å². The molecule has 1 N–H and O–H groups in total. The summed E-state index contributed by atoms with van der Waals surface area (Å²) < 4.78 is 0. The van der Waals surface area contributed by atoms with Crippen LogP contribution in [0.4, 0.5) is 11.4 Å². The summed E-state index contributed by atoms with van der Waals surface area (Å²) in [5.41, 5.74) is 2.61. The van der Waals surface area contributed by atoms with Crippen molar-refractivity contribution in [2.45, 2.75) is 6.92 Å². The van der Waals surface area contributed by atoms with Crippen LogP contribution < -0.4 is 10.2 Å². The normalized spacial score (nSPS) is 15.2. The van der Waals surface area contributed by atoms with E-state index in [2.05, 4.69) is 27.2 Å². The number of nitrogens with zero attached hydrogens (tertiary/aromatic N) is 2. The fraction of sp³-hybridized carbons (Fsp3) is 0.316. The number of hydrogen-bond donors (Lipinski definition) is 1. The molecule has 6 heteroatoms. The maximum atomic E-state index is 12.4. The highest BCUT2D eigenvalue weighted by atomic mass is 35.5. The predicted octanol–water partition coefficient (Wildman–Crippen LogP) is 4.06. The fourth-order valence-corrected chi connectivity index (χ4v) is 3.42. The van der Waals surface area contributed by atoms with E-state index in [4.69, 9.17) is 23.2 Å². The highest BCUT2D eigenvalue weighted by Gasteiger charge is 2.20. The first-order chi connectivity index (χ1) is 12.0. The zero-order valence-electron chi connectivity index (χ0n) is 14.1. The molecule has 0 atom stereocenters. The van der Waals surface area contributed by atoms with Crippen LogP contribution in [0, 0.1) is 6.92 Å². The smallest absolute Gasteiger partial charge is 0.238 e. The molecule has 132 valence electrons. The monoisotopic (exact) mass is 377 g/mol. The van der Waals surface area contributed by atoms with Crippen LogP contribution in [0.2, 0.25) is 10.0 Å². The lowest BCUT2D eigenvalue weighted by Crippen LogP contribution is -2.48. The summed E-state index contributed by atoms with van der Waals surface area (Å²) in [4.78, 5) is 16.8. The van der Waals surface area contributed by atoms with Crippen LogP contribution in [-0.2, 0) is 4.79 Å². The lowest BCUT2D eigenvalue weighted by Gasteiger charge is -2.35. The number of halogens is 2. The first-order valence-electron chi connectivity index (χ1n) is 8.31. The number of carbonyl (C=O) groups excluding carboxylic acids is 1. The predicted molar refractivity (Wildman–Crippen MR) is 105 cm³/mol. The summed E-state index contributed by atoms with van der Waals surface area (Å²) >= 11 is 12.4. The lowest BCUT2D eigenvalue weighted by molar-refractivity contribution is -0.117. The first kappa shape index (κ1) is 18.1. The number of piperazine rings is 1. The number of hydrogen-bond acceptors (Lipinski definition) is 3. The summed E-state index contributed by atoms with van der Waals surface area (Å²) in [6.45, 7) is 5.72. The number of anilines is 2. The highest BCUT2D eigenvalue weighted by molar-refractivity contribution is 6.40. The summed E-state index contributed by atoms with van der Waals surface area (Å²) in [6, 6.07) is 13.9. The molecule has 0 unspecified atom stereocenters. The topological polar surface area (TPSA) is 35.6 Å². The SMILES string of the molecule is Cc1ccc(Cl)c(NC(=O)CN2CCN(c3ccccc3)CC2)c1Cl. The Balaban J connectivity index is 1.54. The second-order valence-electron chi connectivity index (χ2n) is 6.20. The first-order valence-corrected chi connectivity index (χ1v) is 9.07. The Hall–Kier alpha value is -1.75. The van der Waals surface area contributed by atoms with Gasteiger partial charge in [-0.25, -0.2) is 0 Å². The van der Waals surface area contributed by atoms with Gasteiger partial charge in [-0.15, -0.1) is 0 Å². The van der Waals surface area contributed by atoms with Crippen LogP contribution in [0.15, 0.2) is 42.5 Å². The molecule has 1 aliphatic heterocycles. The molecule has 1 aliphatic rings. The Morgan fingerprint density at radius 3 is 2.40 bits per heavy atom. The van der Waals surface area contributed by atoms with E-state index in [1.165, 1.54) is 5.69 Å². The van der Waals surface area contributed by atoms with Gasteiger partial charge < -0.3 is 10.2 Å². The van der Waals surface area contributed by atoms with Crippen molar-refractivity contribution in [3.63, 3.8) is 0 Å². The highest BCUT2D eigenvalue weighted by Crippen LogP contribution is 2.32. The van der Waals surface area contributed by atoms with Crippen molar-refractivity contribution in [3.8, 4) is 0 Å².